The lowest BCUT2D eigenvalue weighted by Crippen LogP contribution is -2.57. The topological polar surface area (TPSA) is 125 Å². The first-order valence-corrected chi connectivity index (χ1v) is 15.1. The van der Waals surface area contributed by atoms with Crippen molar-refractivity contribution in [2.45, 2.75) is 101 Å². The molecule has 220 valence electrons. The third-order valence-corrected chi connectivity index (χ3v) is 9.14. The molecule has 5 aliphatic rings. The molecule has 0 bridgehead atoms. The van der Waals surface area contributed by atoms with Crippen molar-refractivity contribution >= 4 is 23.7 Å². The van der Waals surface area contributed by atoms with Gasteiger partial charge in [-0.3, -0.25) is 19.2 Å². The fourth-order valence-electron chi connectivity index (χ4n) is 7.21. The fourth-order valence-corrected chi connectivity index (χ4v) is 7.21. The van der Waals surface area contributed by atoms with Crippen molar-refractivity contribution in [3.05, 3.63) is 24.3 Å². The average molecular weight is 558 g/mol. The van der Waals surface area contributed by atoms with E-state index in [1.165, 1.54) is 6.42 Å². The Kier molecular flexibility index (Phi) is 8.95. The highest BCUT2D eigenvalue weighted by atomic mass is 16.6. The van der Waals surface area contributed by atoms with Crippen LogP contribution < -0.4 is 5.32 Å². The van der Waals surface area contributed by atoms with Gasteiger partial charge < -0.3 is 29.7 Å². The second kappa shape index (κ2) is 12.4. The molecule has 1 spiro atoms. The lowest BCUT2D eigenvalue weighted by molar-refractivity contribution is -0.159. The van der Waals surface area contributed by atoms with E-state index < -0.39 is 41.7 Å². The first kappa shape index (κ1) is 28.8. The monoisotopic (exact) mass is 557 g/mol. The largest absolute Gasteiger partial charge is 0.460 e. The number of unbranched alkanes of at least 4 members (excludes halogenated alkanes) is 2. The van der Waals surface area contributed by atoms with Gasteiger partial charge >= 0.3 is 5.97 Å². The standard InChI is InChI=1S/C30H43N3O7/c1-20-19-31-23(35)14-7-6-13-22-24(29(38)39-20)25-27(36)33(16-8-3-9-18-34)26-28(37)32(21-11-4-2-5-12-21)17-10-15-30(25,26)40-22/h6,10,13,15,20-22,24-26,34H,2-5,7-9,11-12,14,16-19H2,1H3,(H,31,35)/b13-6-/t20-,22-,24+,25+,26-,30+/m1/s1. The van der Waals surface area contributed by atoms with Crippen LogP contribution in [0.3, 0.4) is 0 Å². The number of aliphatic hydroxyl groups is 1. The number of esters is 1. The van der Waals surface area contributed by atoms with Gasteiger partial charge in [-0.1, -0.05) is 43.6 Å². The molecule has 6 atom stereocenters. The molecular formula is C30H43N3O7. The predicted octanol–water partition coefficient (Wildman–Crippen LogP) is 1.86. The molecule has 1 saturated carbocycles. The zero-order valence-corrected chi connectivity index (χ0v) is 23.5. The zero-order valence-electron chi connectivity index (χ0n) is 23.5. The van der Waals surface area contributed by atoms with Gasteiger partial charge in [0, 0.05) is 32.2 Å². The third kappa shape index (κ3) is 5.44. The second-order valence-corrected chi connectivity index (χ2v) is 11.9. The van der Waals surface area contributed by atoms with Crippen LogP contribution in [0.25, 0.3) is 0 Å². The molecular weight excluding hydrogens is 514 g/mol. The Morgan fingerprint density at radius 1 is 1.05 bits per heavy atom. The first-order chi connectivity index (χ1) is 19.4. The highest BCUT2D eigenvalue weighted by molar-refractivity contribution is 5.99. The molecule has 3 amide bonds. The fraction of sp³-hybridized carbons (Fsp3) is 0.733. The van der Waals surface area contributed by atoms with E-state index in [-0.39, 0.29) is 36.9 Å². The maximum atomic E-state index is 14.4. The van der Waals surface area contributed by atoms with Gasteiger partial charge in [0.15, 0.2) is 0 Å². The minimum atomic E-state index is -1.29. The van der Waals surface area contributed by atoms with E-state index in [9.17, 15) is 24.3 Å². The Morgan fingerprint density at radius 2 is 1.85 bits per heavy atom. The van der Waals surface area contributed by atoms with Gasteiger partial charge in [-0.05, 0) is 45.4 Å². The minimum Gasteiger partial charge on any atom is -0.460 e. The molecule has 10 heteroatoms. The zero-order chi connectivity index (χ0) is 28.3. The van der Waals surface area contributed by atoms with Crippen LogP contribution >= 0.6 is 0 Å². The number of nitrogens with one attached hydrogen (secondary N) is 1. The third-order valence-electron chi connectivity index (χ3n) is 9.14. The normalized spacial score (nSPS) is 36.1. The van der Waals surface area contributed by atoms with Crippen molar-refractivity contribution in [1.82, 2.24) is 15.1 Å². The van der Waals surface area contributed by atoms with Crippen LogP contribution in [0.5, 0.6) is 0 Å². The molecule has 2 saturated heterocycles. The van der Waals surface area contributed by atoms with E-state index in [4.69, 9.17) is 9.47 Å². The van der Waals surface area contributed by atoms with Crippen molar-refractivity contribution in [1.29, 1.82) is 0 Å². The molecule has 4 heterocycles. The van der Waals surface area contributed by atoms with Crippen LogP contribution in [0.2, 0.25) is 0 Å². The summed E-state index contributed by atoms with van der Waals surface area (Å²) >= 11 is 0. The van der Waals surface area contributed by atoms with Gasteiger partial charge in [0.2, 0.25) is 17.7 Å². The van der Waals surface area contributed by atoms with Gasteiger partial charge in [0.1, 0.15) is 23.7 Å². The molecule has 2 N–H and O–H groups in total. The molecule has 0 unspecified atom stereocenters. The summed E-state index contributed by atoms with van der Waals surface area (Å²) in [7, 11) is 0. The molecule has 0 aromatic carbocycles. The summed E-state index contributed by atoms with van der Waals surface area (Å²) in [5, 5.41) is 12.0. The maximum absolute atomic E-state index is 14.4. The summed E-state index contributed by atoms with van der Waals surface area (Å²) in [6, 6.07) is -0.748. The Morgan fingerprint density at radius 3 is 2.62 bits per heavy atom. The van der Waals surface area contributed by atoms with Crippen molar-refractivity contribution in [2.24, 2.45) is 11.8 Å². The summed E-state index contributed by atoms with van der Waals surface area (Å²) in [4.78, 5) is 58.0. The van der Waals surface area contributed by atoms with E-state index in [0.29, 0.717) is 38.8 Å². The number of ether oxygens (including phenoxy) is 2. The van der Waals surface area contributed by atoms with Crippen molar-refractivity contribution < 1.29 is 33.8 Å². The predicted molar refractivity (Wildman–Crippen MR) is 146 cm³/mol. The highest BCUT2D eigenvalue weighted by Gasteiger charge is 2.71. The van der Waals surface area contributed by atoms with Crippen molar-refractivity contribution in [3.63, 3.8) is 0 Å². The molecule has 1 aliphatic carbocycles. The van der Waals surface area contributed by atoms with E-state index in [1.54, 1.807) is 17.9 Å². The number of carbonyl (C=O) groups excluding carboxylic acids is 4. The van der Waals surface area contributed by atoms with Gasteiger partial charge in [-0.15, -0.1) is 0 Å². The van der Waals surface area contributed by atoms with Gasteiger partial charge in [0.25, 0.3) is 0 Å². The summed E-state index contributed by atoms with van der Waals surface area (Å²) in [6.07, 6.45) is 14.0. The molecule has 4 aliphatic heterocycles. The average Bonchev–Trinajstić information content (AvgIpc) is 3.32. The maximum Gasteiger partial charge on any atom is 0.313 e. The van der Waals surface area contributed by atoms with Gasteiger partial charge in [-0.25, -0.2) is 0 Å². The number of aliphatic hydroxyl groups excluding tert-OH is 1. The quantitative estimate of drug-likeness (QED) is 0.290. The molecule has 0 radical (unpaired) electrons. The van der Waals surface area contributed by atoms with Gasteiger partial charge in [-0.2, -0.15) is 0 Å². The van der Waals surface area contributed by atoms with Crippen molar-refractivity contribution in [3.8, 4) is 0 Å². The Balaban J connectivity index is 1.52. The summed E-state index contributed by atoms with van der Waals surface area (Å²) < 4.78 is 12.5. The Labute approximate surface area is 236 Å². The molecule has 0 aromatic heterocycles. The smallest absolute Gasteiger partial charge is 0.313 e. The van der Waals surface area contributed by atoms with E-state index in [0.717, 1.165) is 32.1 Å². The summed E-state index contributed by atoms with van der Waals surface area (Å²) in [5.41, 5.74) is -1.29. The van der Waals surface area contributed by atoms with Crippen LogP contribution in [0.1, 0.15) is 71.1 Å². The first-order valence-electron chi connectivity index (χ1n) is 15.1. The van der Waals surface area contributed by atoms with Crippen LogP contribution in [0, 0.1) is 11.8 Å². The molecule has 3 fully saturated rings. The number of rotatable bonds is 6. The second-order valence-electron chi connectivity index (χ2n) is 11.9. The summed E-state index contributed by atoms with van der Waals surface area (Å²) in [5.74, 6) is -2.86. The highest BCUT2D eigenvalue weighted by Crippen LogP contribution is 2.53. The number of amides is 3. The van der Waals surface area contributed by atoms with Crippen molar-refractivity contribution in [2.75, 3.05) is 26.2 Å². The number of nitrogens with zero attached hydrogens (tertiary/aromatic N) is 2. The number of cyclic esters (lactones) is 1. The van der Waals surface area contributed by atoms with Crippen LogP contribution in [-0.2, 0) is 28.7 Å². The van der Waals surface area contributed by atoms with E-state index in [2.05, 4.69) is 5.32 Å². The van der Waals surface area contributed by atoms with E-state index in [1.807, 2.05) is 23.1 Å². The molecule has 40 heavy (non-hydrogen) atoms. The van der Waals surface area contributed by atoms with E-state index >= 15 is 0 Å². The summed E-state index contributed by atoms with van der Waals surface area (Å²) in [6.45, 7) is 2.78. The van der Waals surface area contributed by atoms with Crippen LogP contribution in [-0.4, -0.2) is 94.7 Å². The molecule has 0 aromatic rings. The number of fused-ring (bicyclic) bond motifs is 2. The molecule has 10 nitrogen and oxygen atoms in total. The molecule has 5 rings (SSSR count). The SMILES string of the molecule is C[C@@H]1CNC(=O)CC/C=C\[C@H]2O[C@]34C=CCN(C5CCCCC5)C(=O)[C@H]3N(CCCCCO)C(=O)[C@@H]4[C@H]2C(=O)O1. The number of likely N-dealkylation sites (tertiary alicyclic amines) is 1. The van der Waals surface area contributed by atoms with Crippen LogP contribution in [0.4, 0.5) is 0 Å². The number of carbonyl (C=O) groups is 4. The number of hydrogen-bond donors (Lipinski definition) is 2. The Hall–Kier alpha value is -2.72. The van der Waals surface area contributed by atoms with Gasteiger partial charge in [0.05, 0.1) is 18.6 Å². The number of allylic oxidation sites excluding steroid dienone is 1. The van der Waals surface area contributed by atoms with Crippen LogP contribution in [0.15, 0.2) is 24.3 Å². The Bertz CT molecular complexity index is 1040. The lowest BCUT2D eigenvalue weighted by Gasteiger charge is -2.39. The number of hydrogen-bond acceptors (Lipinski definition) is 7. The lowest BCUT2D eigenvalue weighted by atomic mass is 9.77. The minimum absolute atomic E-state index is 0.0741.